The van der Waals surface area contributed by atoms with Gasteiger partial charge in [0, 0.05) is 7.05 Å². The maximum absolute atomic E-state index is 12.6. The van der Waals surface area contributed by atoms with Gasteiger partial charge in [-0.1, -0.05) is 72.8 Å². The van der Waals surface area contributed by atoms with Gasteiger partial charge in [-0.3, -0.25) is 4.79 Å². The van der Waals surface area contributed by atoms with Gasteiger partial charge in [0.25, 0.3) is 0 Å². The average Bonchev–Trinajstić information content (AvgIpc) is 2.56. The highest BCUT2D eigenvalue weighted by Crippen LogP contribution is 2.21. The second-order valence-corrected chi connectivity index (χ2v) is 5.89. The molecule has 0 unspecified atom stereocenters. The van der Waals surface area contributed by atoms with Crippen molar-refractivity contribution in [1.82, 2.24) is 4.90 Å². The number of nitrogens with zero attached hydrogens (tertiary/aromatic N) is 1. The molecule has 2 aromatic carbocycles. The molecule has 3 rings (SSSR count). The number of carbonyl (C=O) groups is 1. The third-order valence-electron chi connectivity index (χ3n) is 4.31. The Labute approximate surface area is 132 Å². The van der Waals surface area contributed by atoms with Crippen molar-refractivity contribution in [3.63, 3.8) is 0 Å². The maximum atomic E-state index is 12.6. The van der Waals surface area contributed by atoms with E-state index in [9.17, 15) is 4.79 Å². The van der Waals surface area contributed by atoms with E-state index >= 15 is 0 Å². The summed E-state index contributed by atoms with van der Waals surface area (Å²) in [4.78, 5) is 14.5. The molecule has 0 spiro atoms. The molecule has 0 radical (unpaired) electrons. The first-order valence-corrected chi connectivity index (χ1v) is 7.77. The lowest BCUT2D eigenvalue weighted by molar-refractivity contribution is -0.134. The summed E-state index contributed by atoms with van der Waals surface area (Å²) in [6.07, 6.45) is 5.92. The fraction of sp³-hybridized carbons (Fsp3) is 0.250. The zero-order valence-corrected chi connectivity index (χ0v) is 12.9. The second kappa shape index (κ2) is 6.61. The Balaban J connectivity index is 1.71. The van der Waals surface area contributed by atoms with Gasteiger partial charge in [-0.05, 0) is 24.0 Å². The second-order valence-electron chi connectivity index (χ2n) is 5.89. The summed E-state index contributed by atoms with van der Waals surface area (Å²) in [5.74, 6) is 0.173. The van der Waals surface area contributed by atoms with Crippen LogP contribution in [-0.2, 0) is 17.6 Å². The van der Waals surface area contributed by atoms with E-state index in [4.69, 9.17) is 0 Å². The number of carbonyl (C=O) groups excluding carboxylic acids is 1. The van der Waals surface area contributed by atoms with E-state index in [1.807, 2.05) is 48.3 Å². The SMILES string of the molecule is CN1C(=O)[C@H](Cc2ccccc2)C=C[C@@H]1Cc1ccccc1. The van der Waals surface area contributed by atoms with Crippen LogP contribution in [0.5, 0.6) is 0 Å². The van der Waals surface area contributed by atoms with Gasteiger partial charge >= 0.3 is 0 Å². The fourth-order valence-electron chi connectivity index (χ4n) is 2.98. The van der Waals surface area contributed by atoms with Crippen LogP contribution >= 0.6 is 0 Å². The summed E-state index contributed by atoms with van der Waals surface area (Å²) < 4.78 is 0. The molecule has 1 heterocycles. The molecule has 1 aliphatic rings. The van der Waals surface area contributed by atoms with E-state index in [1.165, 1.54) is 11.1 Å². The van der Waals surface area contributed by atoms with Crippen LogP contribution in [0.3, 0.4) is 0 Å². The quantitative estimate of drug-likeness (QED) is 0.790. The topological polar surface area (TPSA) is 20.3 Å². The van der Waals surface area contributed by atoms with Crippen molar-refractivity contribution in [2.24, 2.45) is 5.92 Å². The van der Waals surface area contributed by atoms with E-state index in [-0.39, 0.29) is 17.9 Å². The number of hydrogen-bond acceptors (Lipinski definition) is 1. The first-order valence-electron chi connectivity index (χ1n) is 7.77. The smallest absolute Gasteiger partial charge is 0.230 e. The Bertz CT molecular complexity index is 648. The van der Waals surface area contributed by atoms with E-state index in [1.54, 1.807) is 0 Å². The molecule has 0 aliphatic carbocycles. The summed E-state index contributed by atoms with van der Waals surface area (Å²) >= 11 is 0. The molecular weight excluding hydrogens is 270 g/mol. The average molecular weight is 291 g/mol. The van der Waals surface area contributed by atoms with Gasteiger partial charge in [-0.25, -0.2) is 0 Å². The van der Waals surface area contributed by atoms with Crippen LogP contribution in [0.4, 0.5) is 0 Å². The van der Waals surface area contributed by atoms with Crippen molar-refractivity contribution in [1.29, 1.82) is 0 Å². The minimum Gasteiger partial charge on any atom is -0.338 e. The zero-order valence-electron chi connectivity index (χ0n) is 12.9. The molecule has 0 fully saturated rings. The molecule has 1 amide bonds. The Morgan fingerprint density at radius 2 is 1.36 bits per heavy atom. The van der Waals surface area contributed by atoms with Crippen LogP contribution in [-0.4, -0.2) is 23.9 Å². The lowest BCUT2D eigenvalue weighted by Crippen LogP contribution is -2.44. The van der Waals surface area contributed by atoms with E-state index in [2.05, 4.69) is 36.4 Å². The molecule has 0 bridgehead atoms. The van der Waals surface area contributed by atoms with Crippen LogP contribution in [0.15, 0.2) is 72.8 Å². The molecule has 112 valence electrons. The highest BCUT2D eigenvalue weighted by Gasteiger charge is 2.28. The Kier molecular flexibility index (Phi) is 4.38. The number of benzene rings is 2. The number of amides is 1. The summed E-state index contributed by atoms with van der Waals surface area (Å²) in [6.45, 7) is 0. The number of rotatable bonds is 4. The Morgan fingerprint density at radius 1 is 0.818 bits per heavy atom. The highest BCUT2D eigenvalue weighted by molar-refractivity contribution is 5.82. The molecule has 0 N–H and O–H groups in total. The first-order chi connectivity index (χ1) is 10.7. The molecular formula is C20H21NO. The van der Waals surface area contributed by atoms with Gasteiger partial charge in [-0.2, -0.15) is 0 Å². The van der Waals surface area contributed by atoms with Crippen LogP contribution < -0.4 is 0 Å². The molecule has 2 aromatic rings. The third-order valence-corrected chi connectivity index (χ3v) is 4.31. The van der Waals surface area contributed by atoms with Gasteiger partial charge in [0.15, 0.2) is 0 Å². The van der Waals surface area contributed by atoms with Crippen molar-refractivity contribution in [3.05, 3.63) is 83.9 Å². The minimum absolute atomic E-state index is 0.0422. The van der Waals surface area contributed by atoms with Crippen LogP contribution in [0.25, 0.3) is 0 Å². The predicted octanol–water partition coefficient (Wildman–Crippen LogP) is 3.48. The standard InChI is InChI=1S/C20H21NO/c1-21-19(15-17-10-6-3-7-11-17)13-12-18(20(21)22)14-16-8-4-2-5-9-16/h2-13,18-19H,14-15H2,1H3/t18-,19+/m0/s1. The van der Waals surface area contributed by atoms with Crippen molar-refractivity contribution in [2.45, 2.75) is 18.9 Å². The molecule has 0 saturated heterocycles. The first kappa shape index (κ1) is 14.6. The Hall–Kier alpha value is -2.35. The Morgan fingerprint density at radius 3 is 1.95 bits per heavy atom. The summed E-state index contributed by atoms with van der Waals surface area (Å²) in [5.41, 5.74) is 2.47. The normalized spacial score (nSPS) is 21.1. The van der Waals surface area contributed by atoms with Gasteiger partial charge < -0.3 is 4.90 Å². The lowest BCUT2D eigenvalue weighted by Gasteiger charge is -2.33. The lowest BCUT2D eigenvalue weighted by atomic mass is 9.91. The van der Waals surface area contributed by atoms with Gasteiger partial charge in [0.05, 0.1) is 12.0 Å². The molecule has 22 heavy (non-hydrogen) atoms. The van der Waals surface area contributed by atoms with Gasteiger partial charge in [0.2, 0.25) is 5.91 Å². The molecule has 1 aliphatic heterocycles. The number of hydrogen-bond donors (Lipinski definition) is 0. The molecule has 2 atom stereocenters. The number of likely N-dealkylation sites (N-methyl/N-ethyl adjacent to an activating group) is 1. The van der Waals surface area contributed by atoms with Gasteiger partial charge in [-0.15, -0.1) is 0 Å². The van der Waals surface area contributed by atoms with E-state index < -0.39 is 0 Å². The van der Waals surface area contributed by atoms with Crippen molar-refractivity contribution < 1.29 is 4.79 Å². The van der Waals surface area contributed by atoms with Crippen LogP contribution in [0, 0.1) is 5.92 Å². The predicted molar refractivity (Wildman–Crippen MR) is 89.5 cm³/mol. The summed E-state index contributed by atoms with van der Waals surface area (Å²) in [5, 5.41) is 0. The summed E-state index contributed by atoms with van der Waals surface area (Å²) in [7, 11) is 1.91. The van der Waals surface area contributed by atoms with Gasteiger partial charge in [0.1, 0.15) is 0 Å². The van der Waals surface area contributed by atoms with Crippen LogP contribution in [0.2, 0.25) is 0 Å². The highest BCUT2D eigenvalue weighted by atomic mass is 16.2. The monoisotopic (exact) mass is 291 g/mol. The molecule has 0 aromatic heterocycles. The van der Waals surface area contributed by atoms with Crippen molar-refractivity contribution >= 4 is 5.91 Å². The summed E-state index contributed by atoms with van der Waals surface area (Å²) in [6, 6.07) is 20.7. The van der Waals surface area contributed by atoms with E-state index in [0.717, 1.165) is 12.8 Å². The largest absolute Gasteiger partial charge is 0.338 e. The minimum atomic E-state index is -0.0422. The molecule has 2 heteroatoms. The third kappa shape index (κ3) is 3.28. The molecule has 2 nitrogen and oxygen atoms in total. The van der Waals surface area contributed by atoms with Crippen molar-refractivity contribution in [3.8, 4) is 0 Å². The van der Waals surface area contributed by atoms with Crippen molar-refractivity contribution in [2.75, 3.05) is 7.05 Å². The maximum Gasteiger partial charge on any atom is 0.230 e. The zero-order chi connectivity index (χ0) is 15.4. The van der Waals surface area contributed by atoms with Crippen LogP contribution in [0.1, 0.15) is 11.1 Å². The molecule has 0 saturated carbocycles. The van der Waals surface area contributed by atoms with E-state index in [0.29, 0.717) is 0 Å². The fourth-order valence-corrected chi connectivity index (χ4v) is 2.98.